The molecule has 0 unspecified atom stereocenters. The Labute approximate surface area is 99.3 Å². The van der Waals surface area contributed by atoms with E-state index in [1.54, 1.807) is 0 Å². The van der Waals surface area contributed by atoms with Crippen LogP contribution in [0, 0.1) is 11.3 Å². The van der Waals surface area contributed by atoms with E-state index in [0.717, 1.165) is 4.31 Å². The van der Waals surface area contributed by atoms with Crippen molar-refractivity contribution in [2.24, 2.45) is 5.73 Å². The number of hydrogen-bond donors (Lipinski definition) is 1. The van der Waals surface area contributed by atoms with Crippen LogP contribution >= 0.6 is 0 Å². The van der Waals surface area contributed by atoms with Gasteiger partial charge in [-0.1, -0.05) is 6.07 Å². The fourth-order valence-corrected chi connectivity index (χ4v) is 2.39. The highest BCUT2D eigenvalue weighted by atomic mass is 32.2. The third-order valence-electron chi connectivity index (χ3n) is 2.05. The fourth-order valence-electron chi connectivity index (χ4n) is 1.21. The summed E-state index contributed by atoms with van der Waals surface area (Å²) in [4.78, 5) is 10.6. The van der Waals surface area contributed by atoms with Gasteiger partial charge in [-0.2, -0.15) is 9.57 Å². The molecule has 0 aromatic heterocycles. The molecule has 0 aliphatic heterocycles. The highest BCUT2D eigenvalue weighted by Crippen LogP contribution is 2.15. The van der Waals surface area contributed by atoms with Crippen molar-refractivity contribution in [2.75, 3.05) is 13.6 Å². The van der Waals surface area contributed by atoms with E-state index in [9.17, 15) is 13.2 Å². The topological polar surface area (TPSA) is 104 Å². The summed E-state index contributed by atoms with van der Waals surface area (Å²) in [6, 6.07) is 7.40. The molecule has 6 nitrogen and oxygen atoms in total. The zero-order valence-electron chi connectivity index (χ0n) is 9.12. The van der Waals surface area contributed by atoms with Gasteiger partial charge in [-0.15, -0.1) is 0 Å². The lowest BCUT2D eigenvalue weighted by molar-refractivity contribution is -0.118. The maximum absolute atomic E-state index is 11.9. The number of likely N-dealkylation sites (N-methyl/N-ethyl adjacent to an activating group) is 1. The second kappa shape index (κ2) is 4.95. The Morgan fingerprint density at radius 2 is 2.18 bits per heavy atom. The second-order valence-electron chi connectivity index (χ2n) is 3.37. The molecule has 1 rings (SSSR count). The number of nitrogens with two attached hydrogens (primary N) is 1. The van der Waals surface area contributed by atoms with Crippen molar-refractivity contribution in [3.63, 3.8) is 0 Å². The maximum atomic E-state index is 11.9. The molecule has 90 valence electrons. The van der Waals surface area contributed by atoms with E-state index >= 15 is 0 Å². The molecule has 0 heterocycles. The fraction of sp³-hybridized carbons (Fsp3) is 0.200. The summed E-state index contributed by atoms with van der Waals surface area (Å²) >= 11 is 0. The van der Waals surface area contributed by atoms with Gasteiger partial charge in [-0.25, -0.2) is 8.42 Å². The zero-order valence-corrected chi connectivity index (χ0v) is 9.94. The van der Waals surface area contributed by atoms with Gasteiger partial charge < -0.3 is 5.73 Å². The average Bonchev–Trinajstić information content (AvgIpc) is 2.28. The summed E-state index contributed by atoms with van der Waals surface area (Å²) in [5.74, 6) is -0.743. The standard InChI is InChI=1S/C10H11N3O3S/c1-13(7-10(12)14)17(15,16)9-4-2-3-8(5-9)6-11/h2-5H,7H2,1H3,(H2,12,14). The second-order valence-corrected chi connectivity index (χ2v) is 5.41. The number of rotatable bonds is 4. The Balaban J connectivity index is 3.13. The predicted molar refractivity (Wildman–Crippen MR) is 60.2 cm³/mol. The summed E-state index contributed by atoms with van der Waals surface area (Å²) in [5, 5.41) is 8.68. The van der Waals surface area contributed by atoms with E-state index in [1.165, 1.54) is 31.3 Å². The molecular weight excluding hydrogens is 242 g/mol. The number of sulfonamides is 1. The third kappa shape index (κ3) is 3.03. The number of primary amides is 1. The molecule has 1 aromatic rings. The Morgan fingerprint density at radius 3 is 2.71 bits per heavy atom. The number of nitrogens with zero attached hydrogens (tertiary/aromatic N) is 2. The summed E-state index contributed by atoms with van der Waals surface area (Å²) < 4.78 is 24.7. The van der Waals surface area contributed by atoms with Gasteiger partial charge in [0.1, 0.15) is 0 Å². The van der Waals surface area contributed by atoms with E-state index in [0.29, 0.717) is 0 Å². The quantitative estimate of drug-likeness (QED) is 0.792. The van der Waals surface area contributed by atoms with Crippen molar-refractivity contribution >= 4 is 15.9 Å². The zero-order chi connectivity index (χ0) is 13.1. The Hall–Kier alpha value is -1.91. The lowest BCUT2D eigenvalue weighted by Crippen LogP contribution is -2.35. The minimum Gasteiger partial charge on any atom is -0.369 e. The van der Waals surface area contributed by atoms with E-state index in [-0.39, 0.29) is 10.5 Å². The minimum absolute atomic E-state index is 0.0414. The lowest BCUT2D eigenvalue weighted by Gasteiger charge is -2.15. The first-order valence-electron chi connectivity index (χ1n) is 4.62. The van der Waals surface area contributed by atoms with Gasteiger partial charge in [-0.05, 0) is 18.2 Å². The molecule has 0 radical (unpaired) electrons. The smallest absolute Gasteiger partial charge is 0.243 e. The maximum Gasteiger partial charge on any atom is 0.243 e. The third-order valence-corrected chi connectivity index (χ3v) is 3.85. The first-order chi connectivity index (χ1) is 7.87. The molecule has 7 heteroatoms. The van der Waals surface area contributed by atoms with E-state index in [2.05, 4.69) is 0 Å². The van der Waals surface area contributed by atoms with Crippen molar-refractivity contribution < 1.29 is 13.2 Å². The first kappa shape index (κ1) is 13.2. The van der Waals surface area contributed by atoms with Gasteiger partial charge in [0.05, 0.1) is 23.1 Å². The van der Waals surface area contributed by atoms with Gasteiger partial charge in [0, 0.05) is 7.05 Å². The Bertz CT molecular complexity index is 575. The molecule has 1 aromatic carbocycles. The molecule has 1 amide bonds. The summed E-state index contributed by atoms with van der Waals surface area (Å²) in [7, 11) is -2.54. The van der Waals surface area contributed by atoms with E-state index in [1.807, 2.05) is 6.07 Å². The van der Waals surface area contributed by atoms with Crippen LogP contribution in [-0.4, -0.2) is 32.2 Å². The molecule has 0 aliphatic carbocycles. The normalized spacial score (nSPS) is 11.1. The number of nitriles is 1. The molecule has 17 heavy (non-hydrogen) atoms. The number of carbonyl (C=O) groups is 1. The molecule has 0 spiro atoms. The van der Waals surface area contributed by atoms with E-state index in [4.69, 9.17) is 11.0 Å². The molecule has 0 atom stereocenters. The SMILES string of the molecule is CN(CC(N)=O)S(=O)(=O)c1cccc(C#N)c1. The van der Waals surface area contributed by atoms with Crippen molar-refractivity contribution in [1.29, 1.82) is 5.26 Å². The molecule has 0 aliphatic rings. The van der Waals surface area contributed by atoms with Crippen LogP contribution in [-0.2, 0) is 14.8 Å². The van der Waals surface area contributed by atoms with Crippen LogP contribution in [0.25, 0.3) is 0 Å². The van der Waals surface area contributed by atoms with Gasteiger partial charge >= 0.3 is 0 Å². The Morgan fingerprint density at radius 1 is 1.53 bits per heavy atom. The average molecular weight is 253 g/mol. The van der Waals surface area contributed by atoms with Crippen LogP contribution in [0.2, 0.25) is 0 Å². The lowest BCUT2D eigenvalue weighted by atomic mass is 10.2. The highest BCUT2D eigenvalue weighted by molar-refractivity contribution is 7.89. The van der Waals surface area contributed by atoms with Crippen LogP contribution in [0.3, 0.4) is 0 Å². The number of amides is 1. The molecular formula is C10H11N3O3S. The molecule has 2 N–H and O–H groups in total. The molecule has 0 saturated heterocycles. The van der Waals surface area contributed by atoms with Gasteiger partial charge in [0.25, 0.3) is 0 Å². The summed E-state index contributed by atoms with van der Waals surface area (Å²) in [6.07, 6.45) is 0. The van der Waals surface area contributed by atoms with Crippen LogP contribution in [0.15, 0.2) is 29.2 Å². The van der Waals surface area contributed by atoms with Crippen LogP contribution in [0.4, 0.5) is 0 Å². The van der Waals surface area contributed by atoms with Gasteiger partial charge in [0.15, 0.2) is 0 Å². The minimum atomic E-state index is -3.79. The number of benzene rings is 1. The largest absolute Gasteiger partial charge is 0.369 e. The van der Waals surface area contributed by atoms with Gasteiger partial charge in [-0.3, -0.25) is 4.79 Å². The van der Waals surface area contributed by atoms with Crippen LogP contribution < -0.4 is 5.73 Å². The summed E-state index contributed by atoms with van der Waals surface area (Å²) in [5.41, 5.74) is 5.16. The number of hydrogen-bond acceptors (Lipinski definition) is 4. The van der Waals surface area contributed by atoms with Crippen molar-refractivity contribution in [2.45, 2.75) is 4.90 Å². The predicted octanol–water partition coefficient (Wildman–Crippen LogP) is -0.336. The highest BCUT2D eigenvalue weighted by Gasteiger charge is 2.22. The first-order valence-corrected chi connectivity index (χ1v) is 6.06. The monoisotopic (exact) mass is 253 g/mol. The summed E-state index contributed by atoms with van der Waals surface area (Å²) in [6.45, 7) is -0.404. The van der Waals surface area contributed by atoms with Crippen LogP contribution in [0.1, 0.15) is 5.56 Å². The van der Waals surface area contributed by atoms with Crippen LogP contribution in [0.5, 0.6) is 0 Å². The van der Waals surface area contributed by atoms with Crippen molar-refractivity contribution in [3.8, 4) is 6.07 Å². The van der Waals surface area contributed by atoms with E-state index < -0.39 is 22.5 Å². The Kier molecular flexibility index (Phi) is 3.83. The van der Waals surface area contributed by atoms with Gasteiger partial charge in [0.2, 0.25) is 15.9 Å². The van der Waals surface area contributed by atoms with Crippen molar-refractivity contribution in [3.05, 3.63) is 29.8 Å². The molecule has 0 saturated carbocycles. The van der Waals surface area contributed by atoms with Crippen molar-refractivity contribution in [1.82, 2.24) is 4.31 Å². The molecule has 0 bridgehead atoms. The number of carbonyl (C=O) groups excluding carboxylic acids is 1. The molecule has 0 fully saturated rings.